The van der Waals surface area contributed by atoms with Crippen LogP contribution in [0.1, 0.15) is 48.8 Å². The van der Waals surface area contributed by atoms with Crippen molar-refractivity contribution in [1.82, 2.24) is 25.0 Å². The summed E-state index contributed by atoms with van der Waals surface area (Å²) in [6.45, 7) is 7.87. The number of aryl methyl sites for hydroxylation is 1. The summed E-state index contributed by atoms with van der Waals surface area (Å²) in [7, 11) is 0. The molecule has 1 aliphatic rings. The summed E-state index contributed by atoms with van der Waals surface area (Å²) in [5.41, 5.74) is 2.90. The number of anilines is 1. The van der Waals surface area contributed by atoms with E-state index in [-0.39, 0.29) is 23.9 Å². The molecule has 4 rings (SSSR count). The first kappa shape index (κ1) is 22.0. The minimum Gasteiger partial charge on any atom is -0.349 e. The maximum Gasteiger partial charge on any atom is 0.253 e. The highest BCUT2D eigenvalue weighted by Gasteiger charge is 2.24. The van der Waals surface area contributed by atoms with E-state index in [1.165, 1.54) is 0 Å². The number of aromatic nitrogens is 3. The van der Waals surface area contributed by atoms with Gasteiger partial charge in [0.05, 0.1) is 24.0 Å². The van der Waals surface area contributed by atoms with Gasteiger partial charge in [-0.15, -0.1) is 0 Å². The molecule has 0 spiro atoms. The Balaban J connectivity index is 1.31. The van der Waals surface area contributed by atoms with E-state index in [4.69, 9.17) is 0 Å². The van der Waals surface area contributed by atoms with Crippen LogP contribution >= 0.6 is 0 Å². The number of hydrogen-bond donors (Lipinski definition) is 2. The zero-order valence-electron chi connectivity index (χ0n) is 18.8. The Morgan fingerprint density at radius 2 is 1.88 bits per heavy atom. The van der Waals surface area contributed by atoms with Crippen LogP contribution < -0.4 is 10.6 Å². The number of carbonyl (C=O) groups is 2. The Morgan fingerprint density at radius 3 is 2.56 bits per heavy atom. The van der Waals surface area contributed by atoms with Crippen molar-refractivity contribution in [2.45, 2.75) is 45.7 Å². The number of amides is 2. The van der Waals surface area contributed by atoms with Crippen LogP contribution in [0.3, 0.4) is 0 Å². The maximum atomic E-state index is 12.9. The Kier molecular flexibility index (Phi) is 6.50. The van der Waals surface area contributed by atoms with Gasteiger partial charge in [0.25, 0.3) is 5.91 Å². The third-order valence-corrected chi connectivity index (χ3v) is 5.84. The lowest BCUT2D eigenvalue weighted by molar-refractivity contribution is -0.117. The van der Waals surface area contributed by atoms with Crippen LogP contribution in [0.4, 0.5) is 5.69 Å². The molecule has 0 saturated carbocycles. The molecule has 0 bridgehead atoms. The molecule has 0 radical (unpaired) electrons. The fourth-order valence-corrected chi connectivity index (χ4v) is 4.10. The summed E-state index contributed by atoms with van der Waals surface area (Å²) in [5, 5.41) is 11.3. The summed E-state index contributed by atoms with van der Waals surface area (Å²) in [5.74, 6) is -0.120. The molecule has 1 aliphatic heterocycles. The predicted molar refractivity (Wildman–Crippen MR) is 125 cm³/mol. The van der Waals surface area contributed by atoms with Crippen molar-refractivity contribution < 1.29 is 9.59 Å². The van der Waals surface area contributed by atoms with Gasteiger partial charge in [0.2, 0.25) is 5.91 Å². The van der Waals surface area contributed by atoms with Crippen LogP contribution in [-0.2, 0) is 4.79 Å². The van der Waals surface area contributed by atoms with E-state index < -0.39 is 0 Å². The lowest BCUT2D eigenvalue weighted by atomic mass is 10.0. The number of pyridine rings is 1. The highest BCUT2D eigenvalue weighted by Crippen LogP contribution is 2.20. The van der Waals surface area contributed by atoms with Crippen LogP contribution in [0, 0.1) is 6.92 Å². The molecule has 2 amide bonds. The monoisotopic (exact) mass is 434 g/mol. The Morgan fingerprint density at radius 1 is 1.16 bits per heavy atom. The second kappa shape index (κ2) is 9.48. The van der Waals surface area contributed by atoms with Crippen molar-refractivity contribution in [1.29, 1.82) is 0 Å². The number of hydrogen-bond acceptors (Lipinski definition) is 5. The van der Waals surface area contributed by atoms with Gasteiger partial charge < -0.3 is 10.6 Å². The maximum absolute atomic E-state index is 12.9. The van der Waals surface area contributed by atoms with Crippen molar-refractivity contribution in [2.24, 2.45) is 0 Å². The molecule has 1 fully saturated rings. The second-order valence-corrected chi connectivity index (χ2v) is 8.66. The minimum absolute atomic E-state index is 0.0179. The zero-order chi connectivity index (χ0) is 22.7. The van der Waals surface area contributed by atoms with Crippen molar-refractivity contribution in [3.63, 3.8) is 0 Å². The highest BCUT2D eigenvalue weighted by molar-refractivity contribution is 5.98. The highest BCUT2D eigenvalue weighted by atomic mass is 16.2. The molecule has 0 aliphatic carbocycles. The zero-order valence-corrected chi connectivity index (χ0v) is 18.8. The van der Waals surface area contributed by atoms with Gasteiger partial charge in [0.1, 0.15) is 0 Å². The number of carbonyl (C=O) groups excluding carboxylic acids is 2. The van der Waals surface area contributed by atoms with E-state index in [0.717, 1.165) is 42.7 Å². The second-order valence-electron chi connectivity index (χ2n) is 8.66. The van der Waals surface area contributed by atoms with E-state index in [1.54, 1.807) is 6.20 Å². The summed E-state index contributed by atoms with van der Waals surface area (Å²) in [4.78, 5) is 32.0. The van der Waals surface area contributed by atoms with E-state index in [0.29, 0.717) is 17.8 Å². The third kappa shape index (κ3) is 4.96. The summed E-state index contributed by atoms with van der Waals surface area (Å²) in [6, 6.07) is 11.6. The van der Waals surface area contributed by atoms with Crippen molar-refractivity contribution in [3.05, 3.63) is 53.9 Å². The van der Waals surface area contributed by atoms with E-state index >= 15 is 0 Å². The van der Waals surface area contributed by atoms with Gasteiger partial charge >= 0.3 is 0 Å². The van der Waals surface area contributed by atoms with E-state index in [1.807, 2.05) is 48.0 Å². The molecule has 8 nitrogen and oxygen atoms in total. The first-order valence-electron chi connectivity index (χ1n) is 11.1. The van der Waals surface area contributed by atoms with Crippen LogP contribution in [0.15, 0.2) is 42.6 Å². The van der Waals surface area contributed by atoms with Gasteiger partial charge in [0.15, 0.2) is 5.65 Å². The standard InChI is InChI=1S/C24H30N6O2/c1-16(2)30-23-18(14-25-30)13-21(17(3)26-23)24(32)28-20-9-11-29(12-10-20)15-22(31)27-19-7-5-4-6-8-19/h4-8,13-14,16,20H,9-12,15H2,1-3H3,(H,27,31)(H,28,32). The fraction of sp³-hybridized carbons (Fsp3) is 0.417. The number of nitrogens with one attached hydrogen (secondary N) is 2. The van der Waals surface area contributed by atoms with Crippen LogP contribution in [0.2, 0.25) is 0 Å². The fourth-order valence-electron chi connectivity index (χ4n) is 4.10. The molecule has 2 N–H and O–H groups in total. The van der Waals surface area contributed by atoms with Gasteiger partial charge in [-0.05, 0) is 51.8 Å². The third-order valence-electron chi connectivity index (χ3n) is 5.84. The van der Waals surface area contributed by atoms with Gasteiger partial charge in [-0.1, -0.05) is 18.2 Å². The van der Waals surface area contributed by atoms with E-state index in [2.05, 4.69) is 39.5 Å². The average Bonchev–Trinajstić information content (AvgIpc) is 3.18. The summed E-state index contributed by atoms with van der Waals surface area (Å²) < 4.78 is 1.87. The normalized spacial score (nSPS) is 15.2. The van der Waals surface area contributed by atoms with Gasteiger partial charge in [0, 0.05) is 36.2 Å². The molecular weight excluding hydrogens is 404 g/mol. The predicted octanol–water partition coefficient (Wildman–Crippen LogP) is 3.15. The molecule has 168 valence electrons. The number of benzene rings is 1. The number of piperidine rings is 1. The number of para-hydroxylation sites is 1. The largest absolute Gasteiger partial charge is 0.349 e. The lowest BCUT2D eigenvalue weighted by Gasteiger charge is -2.32. The van der Waals surface area contributed by atoms with Gasteiger partial charge in [-0.25, -0.2) is 9.67 Å². The Labute approximate surface area is 188 Å². The summed E-state index contributed by atoms with van der Waals surface area (Å²) in [6.07, 6.45) is 3.38. The molecule has 3 aromatic rings. The molecule has 2 aromatic heterocycles. The molecule has 32 heavy (non-hydrogen) atoms. The minimum atomic E-state index is -0.102. The van der Waals surface area contributed by atoms with Gasteiger partial charge in [-0.2, -0.15) is 5.10 Å². The lowest BCUT2D eigenvalue weighted by Crippen LogP contribution is -2.46. The van der Waals surface area contributed by atoms with Crippen molar-refractivity contribution in [2.75, 3.05) is 25.0 Å². The van der Waals surface area contributed by atoms with Crippen LogP contribution in [-0.4, -0.2) is 57.2 Å². The molecule has 0 atom stereocenters. The smallest absolute Gasteiger partial charge is 0.253 e. The van der Waals surface area contributed by atoms with Crippen LogP contribution in [0.25, 0.3) is 11.0 Å². The molecule has 0 unspecified atom stereocenters. The van der Waals surface area contributed by atoms with Crippen molar-refractivity contribution >= 4 is 28.5 Å². The quantitative estimate of drug-likeness (QED) is 0.622. The molecule has 1 saturated heterocycles. The molecule has 8 heteroatoms. The number of rotatable bonds is 6. The first-order valence-corrected chi connectivity index (χ1v) is 11.1. The van der Waals surface area contributed by atoms with Gasteiger partial charge in [-0.3, -0.25) is 14.5 Å². The SMILES string of the molecule is Cc1nc2c(cnn2C(C)C)cc1C(=O)NC1CCN(CC(=O)Nc2ccccc2)CC1. The molecular formula is C24H30N6O2. The Bertz CT molecular complexity index is 1100. The first-order chi connectivity index (χ1) is 15.4. The molecule has 1 aromatic carbocycles. The average molecular weight is 435 g/mol. The number of likely N-dealkylation sites (tertiary alicyclic amines) is 1. The molecule has 3 heterocycles. The van der Waals surface area contributed by atoms with Crippen LogP contribution in [0.5, 0.6) is 0 Å². The Hall–Kier alpha value is -3.26. The number of nitrogens with zero attached hydrogens (tertiary/aromatic N) is 4. The van der Waals surface area contributed by atoms with Crippen molar-refractivity contribution in [3.8, 4) is 0 Å². The number of fused-ring (bicyclic) bond motifs is 1. The van der Waals surface area contributed by atoms with E-state index in [9.17, 15) is 9.59 Å². The topological polar surface area (TPSA) is 92.2 Å². The summed E-state index contributed by atoms with van der Waals surface area (Å²) >= 11 is 0.